The summed E-state index contributed by atoms with van der Waals surface area (Å²) >= 11 is 3.27. The van der Waals surface area contributed by atoms with Crippen molar-refractivity contribution in [1.29, 1.82) is 0 Å². The van der Waals surface area contributed by atoms with Crippen LogP contribution in [0.3, 0.4) is 0 Å². The van der Waals surface area contributed by atoms with E-state index in [-0.39, 0.29) is 10.6 Å². The van der Waals surface area contributed by atoms with E-state index < -0.39 is 0 Å². The molecule has 0 saturated heterocycles. The van der Waals surface area contributed by atoms with Gasteiger partial charge in [-0.05, 0) is 41.4 Å². The molecule has 0 fully saturated rings. The molecule has 0 aliphatic heterocycles. The van der Waals surface area contributed by atoms with E-state index in [9.17, 15) is 10.1 Å². The number of nitrogens with zero attached hydrogens (tertiary/aromatic N) is 1. The van der Waals surface area contributed by atoms with Gasteiger partial charge in [-0.1, -0.05) is 12.1 Å². The van der Waals surface area contributed by atoms with E-state index in [1.54, 1.807) is 6.07 Å². The topological polar surface area (TPSA) is 64.4 Å². The molecule has 0 bridgehead atoms. The first kappa shape index (κ1) is 15.1. The van der Waals surface area contributed by atoms with Crippen molar-refractivity contribution in [2.75, 3.05) is 19.8 Å². The zero-order chi connectivity index (χ0) is 13.4. The van der Waals surface area contributed by atoms with Crippen molar-refractivity contribution in [3.63, 3.8) is 0 Å². The molecule has 0 unspecified atom stereocenters. The van der Waals surface area contributed by atoms with Crippen LogP contribution in [0, 0.1) is 10.1 Å². The summed E-state index contributed by atoms with van der Waals surface area (Å²) in [6, 6.07) is 5.05. The lowest BCUT2D eigenvalue weighted by Gasteiger charge is -2.07. The second kappa shape index (κ2) is 8.18. The summed E-state index contributed by atoms with van der Waals surface area (Å²) in [4.78, 5) is 10.4. The van der Waals surface area contributed by atoms with Gasteiger partial charge in [0.05, 0.1) is 9.40 Å². The Morgan fingerprint density at radius 3 is 2.94 bits per heavy atom. The summed E-state index contributed by atoms with van der Waals surface area (Å²) in [5.41, 5.74) is 0.990. The molecule has 5 nitrogen and oxygen atoms in total. The lowest BCUT2D eigenvalue weighted by atomic mass is 10.2. The highest BCUT2D eigenvalue weighted by molar-refractivity contribution is 9.10. The first-order chi connectivity index (χ1) is 8.66. The van der Waals surface area contributed by atoms with Crippen LogP contribution < -0.4 is 5.32 Å². The van der Waals surface area contributed by atoms with Crippen molar-refractivity contribution in [3.8, 4) is 0 Å². The Hall–Kier alpha value is -0.980. The fraction of sp³-hybridized carbons (Fsp3) is 0.500. The number of nitrogens with one attached hydrogen (secondary N) is 1. The Balaban J connectivity index is 2.43. The van der Waals surface area contributed by atoms with Crippen LogP contribution >= 0.6 is 15.9 Å². The summed E-state index contributed by atoms with van der Waals surface area (Å²) < 4.78 is 5.77. The van der Waals surface area contributed by atoms with E-state index in [1.807, 2.05) is 13.0 Å². The predicted octanol–water partition coefficient (Wildman–Crippen LogP) is 2.87. The van der Waals surface area contributed by atoms with Gasteiger partial charge in [-0.2, -0.15) is 0 Å². The maximum atomic E-state index is 10.8. The summed E-state index contributed by atoms with van der Waals surface area (Å²) in [7, 11) is 0. The Kier molecular flexibility index (Phi) is 6.85. The molecule has 1 N–H and O–H groups in total. The van der Waals surface area contributed by atoms with Gasteiger partial charge in [-0.15, -0.1) is 0 Å². The minimum Gasteiger partial charge on any atom is -0.382 e. The molecule has 0 aliphatic rings. The number of nitro benzene ring substituents is 1. The quantitative estimate of drug-likeness (QED) is 0.455. The van der Waals surface area contributed by atoms with Crippen LogP contribution in [0.15, 0.2) is 22.7 Å². The largest absolute Gasteiger partial charge is 0.382 e. The van der Waals surface area contributed by atoms with Crippen molar-refractivity contribution in [3.05, 3.63) is 38.3 Å². The third-order valence-corrected chi connectivity index (χ3v) is 3.33. The van der Waals surface area contributed by atoms with E-state index in [0.29, 0.717) is 11.0 Å². The zero-order valence-electron chi connectivity index (χ0n) is 10.3. The van der Waals surface area contributed by atoms with Gasteiger partial charge in [0.1, 0.15) is 0 Å². The molecule has 0 radical (unpaired) electrons. The van der Waals surface area contributed by atoms with Crippen molar-refractivity contribution in [2.45, 2.75) is 19.9 Å². The molecule has 0 atom stereocenters. The van der Waals surface area contributed by atoms with Crippen LogP contribution in [0.5, 0.6) is 0 Å². The normalized spacial score (nSPS) is 10.6. The minimum absolute atomic E-state index is 0.101. The van der Waals surface area contributed by atoms with Crippen molar-refractivity contribution < 1.29 is 9.66 Å². The minimum atomic E-state index is -0.386. The van der Waals surface area contributed by atoms with Crippen molar-refractivity contribution >= 4 is 21.6 Å². The van der Waals surface area contributed by atoms with Crippen LogP contribution in [0.1, 0.15) is 18.9 Å². The van der Waals surface area contributed by atoms with E-state index in [0.717, 1.165) is 31.7 Å². The van der Waals surface area contributed by atoms with Crippen LogP contribution in [0.25, 0.3) is 0 Å². The van der Waals surface area contributed by atoms with Crippen LogP contribution in [-0.2, 0) is 11.3 Å². The van der Waals surface area contributed by atoms with E-state index in [1.165, 1.54) is 6.07 Å². The van der Waals surface area contributed by atoms with Gasteiger partial charge in [-0.3, -0.25) is 10.1 Å². The van der Waals surface area contributed by atoms with Crippen molar-refractivity contribution in [1.82, 2.24) is 5.32 Å². The molecule has 1 aromatic rings. The number of hydrogen-bond acceptors (Lipinski definition) is 4. The summed E-state index contributed by atoms with van der Waals surface area (Å²) in [5.74, 6) is 0. The Morgan fingerprint density at radius 2 is 2.28 bits per heavy atom. The fourth-order valence-electron chi connectivity index (χ4n) is 1.51. The number of rotatable bonds is 8. The smallest absolute Gasteiger partial charge is 0.283 e. The molecule has 0 amide bonds. The second-order valence-electron chi connectivity index (χ2n) is 3.73. The Morgan fingerprint density at radius 1 is 1.50 bits per heavy atom. The van der Waals surface area contributed by atoms with Gasteiger partial charge in [0.15, 0.2) is 0 Å². The first-order valence-corrected chi connectivity index (χ1v) is 6.66. The highest BCUT2D eigenvalue weighted by atomic mass is 79.9. The third-order valence-electron chi connectivity index (χ3n) is 2.42. The van der Waals surface area contributed by atoms with Crippen LogP contribution in [0.4, 0.5) is 5.69 Å². The molecule has 0 saturated carbocycles. The summed E-state index contributed by atoms with van der Waals surface area (Å²) in [6.45, 7) is 4.87. The zero-order valence-corrected chi connectivity index (χ0v) is 11.9. The molecule has 0 aromatic heterocycles. The van der Waals surface area contributed by atoms with Crippen LogP contribution in [-0.4, -0.2) is 24.7 Å². The average molecular weight is 317 g/mol. The second-order valence-corrected chi connectivity index (χ2v) is 4.53. The van der Waals surface area contributed by atoms with E-state index in [2.05, 4.69) is 21.2 Å². The lowest BCUT2D eigenvalue weighted by molar-refractivity contribution is -0.385. The molecule has 0 aliphatic carbocycles. The fourth-order valence-corrected chi connectivity index (χ4v) is 2.06. The number of nitro groups is 1. The number of halogens is 1. The predicted molar refractivity (Wildman–Crippen MR) is 73.6 cm³/mol. The molecule has 1 rings (SSSR count). The molecule has 0 heterocycles. The van der Waals surface area contributed by atoms with Gasteiger partial charge in [0.2, 0.25) is 0 Å². The molecule has 0 spiro atoms. The maximum Gasteiger partial charge on any atom is 0.283 e. The summed E-state index contributed by atoms with van der Waals surface area (Å²) in [6.07, 6.45) is 0.931. The maximum absolute atomic E-state index is 10.8. The van der Waals surface area contributed by atoms with Crippen LogP contribution in [0.2, 0.25) is 0 Å². The highest BCUT2D eigenvalue weighted by Crippen LogP contribution is 2.27. The van der Waals surface area contributed by atoms with Crippen molar-refractivity contribution in [2.24, 2.45) is 0 Å². The monoisotopic (exact) mass is 316 g/mol. The number of ether oxygens (including phenoxy) is 1. The average Bonchev–Trinajstić information content (AvgIpc) is 2.35. The van der Waals surface area contributed by atoms with Gasteiger partial charge in [-0.25, -0.2) is 0 Å². The number of benzene rings is 1. The Labute approximate surface area is 115 Å². The van der Waals surface area contributed by atoms with Gasteiger partial charge in [0.25, 0.3) is 5.69 Å². The van der Waals surface area contributed by atoms with Gasteiger partial charge < -0.3 is 10.1 Å². The third kappa shape index (κ3) is 4.72. The SMILES string of the molecule is CCOCCCNCc1cccc([N+](=O)[O-])c1Br. The first-order valence-electron chi connectivity index (χ1n) is 5.87. The van der Waals surface area contributed by atoms with Gasteiger partial charge in [0, 0.05) is 25.8 Å². The Bertz CT molecular complexity index is 399. The molecule has 100 valence electrons. The molecule has 1 aromatic carbocycles. The summed E-state index contributed by atoms with van der Waals surface area (Å²) in [5, 5.41) is 14.0. The molecule has 18 heavy (non-hydrogen) atoms. The number of hydrogen-bond donors (Lipinski definition) is 1. The lowest BCUT2D eigenvalue weighted by Crippen LogP contribution is -2.16. The molecule has 6 heteroatoms. The van der Waals surface area contributed by atoms with Gasteiger partial charge >= 0.3 is 0 Å². The van der Waals surface area contributed by atoms with E-state index >= 15 is 0 Å². The molecular formula is C12H17BrN2O3. The highest BCUT2D eigenvalue weighted by Gasteiger charge is 2.13. The van der Waals surface area contributed by atoms with E-state index in [4.69, 9.17) is 4.74 Å². The molecular weight excluding hydrogens is 300 g/mol. The standard InChI is InChI=1S/C12H17BrN2O3/c1-2-18-8-4-7-14-9-10-5-3-6-11(12(10)13)15(16)17/h3,5-6,14H,2,4,7-9H2,1H3.